The Morgan fingerprint density at radius 1 is 1.18 bits per heavy atom. The summed E-state index contributed by atoms with van der Waals surface area (Å²) in [6, 6.07) is 10.3. The molecule has 2 rings (SSSR count). The third kappa shape index (κ3) is 3.89. The van der Waals surface area contributed by atoms with Crippen LogP contribution in [0.3, 0.4) is 0 Å². The third-order valence-electron chi connectivity index (χ3n) is 3.86. The van der Waals surface area contributed by atoms with Gasteiger partial charge < -0.3 is 0 Å². The largest absolute Gasteiger partial charge is 0.192 e. The number of hydrogen-bond donors (Lipinski definition) is 0. The molecule has 0 aromatic heterocycles. The summed E-state index contributed by atoms with van der Waals surface area (Å²) in [7, 11) is 0. The van der Waals surface area contributed by atoms with Crippen LogP contribution in [0, 0.1) is 17.2 Å². The maximum absolute atomic E-state index is 8.84. The quantitative estimate of drug-likeness (QED) is 0.745. The highest BCUT2D eigenvalue weighted by Gasteiger charge is 2.12. The maximum atomic E-state index is 8.84. The number of rotatable bonds is 4. The summed E-state index contributed by atoms with van der Waals surface area (Å²) in [6.45, 7) is 0. The molecule has 90 valence electrons. The van der Waals surface area contributed by atoms with Gasteiger partial charge in [-0.25, -0.2) is 0 Å². The molecule has 0 N–H and O–H groups in total. The zero-order chi connectivity index (χ0) is 11.9. The van der Waals surface area contributed by atoms with Gasteiger partial charge in [0.2, 0.25) is 0 Å². The van der Waals surface area contributed by atoms with E-state index in [0.29, 0.717) is 0 Å². The molecule has 0 radical (unpaired) electrons. The van der Waals surface area contributed by atoms with E-state index in [-0.39, 0.29) is 0 Å². The summed E-state index contributed by atoms with van der Waals surface area (Å²) in [5.74, 6) is 0.975. The molecule has 0 atom stereocenters. The summed E-state index contributed by atoms with van der Waals surface area (Å²) in [4.78, 5) is 0. The van der Waals surface area contributed by atoms with Crippen LogP contribution < -0.4 is 0 Å². The lowest BCUT2D eigenvalue weighted by molar-refractivity contribution is 0.332. The number of aryl methyl sites for hydroxylation is 1. The van der Waals surface area contributed by atoms with Crippen LogP contribution in [0.25, 0.3) is 0 Å². The molecule has 1 saturated carbocycles. The van der Waals surface area contributed by atoms with Crippen LogP contribution in [-0.2, 0) is 6.42 Å². The highest BCUT2D eigenvalue weighted by atomic mass is 14.2. The van der Waals surface area contributed by atoms with Crippen molar-refractivity contribution < 1.29 is 0 Å². The van der Waals surface area contributed by atoms with Crippen molar-refractivity contribution >= 4 is 0 Å². The van der Waals surface area contributed by atoms with Crippen molar-refractivity contribution in [3.63, 3.8) is 0 Å². The Morgan fingerprint density at radius 2 is 2.00 bits per heavy atom. The molecular formula is C16H21N. The van der Waals surface area contributed by atoms with Crippen LogP contribution in [-0.4, -0.2) is 0 Å². The molecule has 17 heavy (non-hydrogen) atoms. The first kappa shape index (κ1) is 12.2. The zero-order valence-electron chi connectivity index (χ0n) is 10.5. The van der Waals surface area contributed by atoms with Crippen molar-refractivity contribution in [2.24, 2.45) is 5.92 Å². The first-order valence-electron chi connectivity index (χ1n) is 6.87. The Labute approximate surface area is 104 Å². The molecule has 1 fully saturated rings. The van der Waals surface area contributed by atoms with Crippen LogP contribution in [0.1, 0.15) is 56.1 Å². The summed E-state index contributed by atoms with van der Waals surface area (Å²) >= 11 is 0. The zero-order valence-corrected chi connectivity index (χ0v) is 10.5. The van der Waals surface area contributed by atoms with E-state index < -0.39 is 0 Å². The molecule has 1 aromatic carbocycles. The molecule has 1 aliphatic rings. The van der Waals surface area contributed by atoms with E-state index in [4.69, 9.17) is 5.26 Å². The van der Waals surface area contributed by atoms with Crippen molar-refractivity contribution in [3.05, 3.63) is 35.4 Å². The molecule has 0 aliphatic heterocycles. The molecule has 1 aliphatic carbocycles. The molecule has 1 nitrogen and oxygen atoms in total. The summed E-state index contributed by atoms with van der Waals surface area (Å²) in [5, 5.41) is 8.84. The topological polar surface area (TPSA) is 23.8 Å². The highest BCUT2D eigenvalue weighted by molar-refractivity contribution is 5.32. The van der Waals surface area contributed by atoms with Gasteiger partial charge in [-0.1, -0.05) is 50.7 Å². The van der Waals surface area contributed by atoms with Gasteiger partial charge in [0.25, 0.3) is 0 Å². The minimum absolute atomic E-state index is 0.792. The predicted octanol–water partition coefficient (Wildman–Crippen LogP) is 4.46. The summed E-state index contributed by atoms with van der Waals surface area (Å²) in [6.07, 6.45) is 11.0. The van der Waals surface area contributed by atoms with Crippen molar-refractivity contribution in [2.45, 2.75) is 51.4 Å². The standard InChI is InChI=1S/C16H21N/c17-13-16-11-5-10-15(12-16)9-4-8-14-6-2-1-3-7-14/h5,10-12,14H,1-4,6-9H2. The Kier molecular flexibility index (Phi) is 4.62. The third-order valence-corrected chi connectivity index (χ3v) is 3.86. The van der Waals surface area contributed by atoms with Gasteiger partial charge in [-0.3, -0.25) is 0 Å². The van der Waals surface area contributed by atoms with Crippen LogP contribution in [0.5, 0.6) is 0 Å². The van der Waals surface area contributed by atoms with Crippen molar-refractivity contribution in [1.82, 2.24) is 0 Å². The van der Waals surface area contributed by atoms with Crippen LogP contribution >= 0.6 is 0 Å². The fourth-order valence-electron chi connectivity index (χ4n) is 2.87. The number of benzene rings is 1. The maximum Gasteiger partial charge on any atom is 0.0991 e. The average molecular weight is 227 g/mol. The lowest BCUT2D eigenvalue weighted by Gasteiger charge is -2.21. The first-order chi connectivity index (χ1) is 8.38. The summed E-state index contributed by atoms with van der Waals surface area (Å²) in [5.41, 5.74) is 2.11. The van der Waals surface area contributed by atoms with Gasteiger partial charge in [-0.05, 0) is 36.5 Å². The van der Waals surface area contributed by atoms with E-state index in [1.165, 1.54) is 50.5 Å². The molecule has 1 heteroatoms. The molecule has 0 heterocycles. The van der Waals surface area contributed by atoms with E-state index in [1.54, 1.807) is 0 Å². The van der Waals surface area contributed by atoms with Crippen molar-refractivity contribution in [3.8, 4) is 6.07 Å². The minimum Gasteiger partial charge on any atom is -0.192 e. The van der Waals surface area contributed by atoms with Gasteiger partial charge in [-0.2, -0.15) is 5.26 Å². The van der Waals surface area contributed by atoms with Gasteiger partial charge in [0.1, 0.15) is 0 Å². The molecule has 0 bridgehead atoms. The number of nitriles is 1. The molecular weight excluding hydrogens is 206 g/mol. The van der Waals surface area contributed by atoms with Crippen LogP contribution in [0.2, 0.25) is 0 Å². The Hall–Kier alpha value is -1.29. The van der Waals surface area contributed by atoms with Crippen molar-refractivity contribution in [1.29, 1.82) is 5.26 Å². The molecule has 0 saturated heterocycles. The number of hydrogen-bond acceptors (Lipinski definition) is 1. The van der Waals surface area contributed by atoms with Gasteiger partial charge in [-0.15, -0.1) is 0 Å². The van der Waals surface area contributed by atoms with E-state index >= 15 is 0 Å². The van der Waals surface area contributed by atoms with Crippen LogP contribution in [0.4, 0.5) is 0 Å². The van der Waals surface area contributed by atoms with E-state index in [0.717, 1.165) is 17.9 Å². The lowest BCUT2D eigenvalue weighted by Crippen LogP contribution is -2.06. The smallest absolute Gasteiger partial charge is 0.0991 e. The van der Waals surface area contributed by atoms with Crippen molar-refractivity contribution in [2.75, 3.05) is 0 Å². The van der Waals surface area contributed by atoms with E-state index in [2.05, 4.69) is 12.1 Å². The van der Waals surface area contributed by atoms with Gasteiger partial charge in [0.05, 0.1) is 11.6 Å². The summed E-state index contributed by atoms with van der Waals surface area (Å²) < 4.78 is 0. The Bertz CT molecular complexity index is 383. The second-order valence-corrected chi connectivity index (χ2v) is 5.21. The fourth-order valence-corrected chi connectivity index (χ4v) is 2.87. The Balaban J connectivity index is 1.75. The second kappa shape index (κ2) is 6.45. The molecule has 0 amide bonds. The number of nitrogens with zero attached hydrogens (tertiary/aromatic N) is 1. The lowest BCUT2D eigenvalue weighted by atomic mass is 9.85. The predicted molar refractivity (Wildman–Crippen MR) is 70.7 cm³/mol. The van der Waals surface area contributed by atoms with E-state index in [1.807, 2.05) is 18.2 Å². The molecule has 1 aromatic rings. The molecule has 0 unspecified atom stereocenters. The van der Waals surface area contributed by atoms with Gasteiger partial charge in [0.15, 0.2) is 0 Å². The molecule has 0 spiro atoms. The fraction of sp³-hybridized carbons (Fsp3) is 0.562. The highest BCUT2D eigenvalue weighted by Crippen LogP contribution is 2.27. The van der Waals surface area contributed by atoms with Gasteiger partial charge in [0, 0.05) is 0 Å². The second-order valence-electron chi connectivity index (χ2n) is 5.21. The normalized spacial score (nSPS) is 16.6. The Morgan fingerprint density at radius 3 is 2.76 bits per heavy atom. The monoisotopic (exact) mass is 227 g/mol. The SMILES string of the molecule is N#Cc1cccc(CCCC2CCCCC2)c1. The average Bonchev–Trinajstić information content (AvgIpc) is 2.40. The first-order valence-corrected chi connectivity index (χ1v) is 6.87. The minimum atomic E-state index is 0.792. The van der Waals surface area contributed by atoms with Crippen LogP contribution in [0.15, 0.2) is 24.3 Å². The van der Waals surface area contributed by atoms with Gasteiger partial charge >= 0.3 is 0 Å². The van der Waals surface area contributed by atoms with E-state index in [9.17, 15) is 0 Å².